The number of methoxy groups -OCH3 is 1. The van der Waals surface area contributed by atoms with Crippen LogP contribution >= 0.6 is 0 Å². The van der Waals surface area contributed by atoms with Crippen molar-refractivity contribution in [3.63, 3.8) is 0 Å². The third-order valence-corrected chi connectivity index (χ3v) is 4.77. The molecule has 2 rings (SSSR count). The third-order valence-electron chi connectivity index (χ3n) is 4.18. The van der Waals surface area contributed by atoms with Crippen molar-refractivity contribution in [2.24, 2.45) is 0 Å². The molecule has 5 heteroatoms. The van der Waals surface area contributed by atoms with Gasteiger partial charge in [-0.2, -0.15) is 0 Å². The molecular formula is C16H22O4S. The molecule has 4 nitrogen and oxygen atoms in total. The van der Waals surface area contributed by atoms with E-state index in [1.165, 1.54) is 20.0 Å². The predicted octanol–water partition coefficient (Wildman–Crippen LogP) is 2.56. The van der Waals surface area contributed by atoms with Crippen molar-refractivity contribution in [1.82, 2.24) is 0 Å². The maximum atomic E-state index is 11.4. The molecule has 116 valence electrons. The van der Waals surface area contributed by atoms with Gasteiger partial charge in [-0.15, -0.1) is 0 Å². The average molecular weight is 310 g/mol. The Kier molecular flexibility index (Phi) is 5.79. The van der Waals surface area contributed by atoms with Crippen molar-refractivity contribution in [1.29, 1.82) is 0 Å². The minimum absolute atomic E-state index is 0.0905. The number of ether oxygens (including phenoxy) is 1. The molecule has 0 N–H and O–H groups in total. The molecule has 0 amide bonds. The van der Waals surface area contributed by atoms with Gasteiger partial charge in [0.05, 0.1) is 12.9 Å². The van der Waals surface area contributed by atoms with Crippen molar-refractivity contribution in [2.45, 2.75) is 50.2 Å². The van der Waals surface area contributed by atoms with E-state index in [9.17, 15) is 13.2 Å². The summed E-state index contributed by atoms with van der Waals surface area (Å²) in [5, 5.41) is 0. The maximum absolute atomic E-state index is 11.4. The smallest absolute Gasteiger partial charge is 0.305 e. The Balaban J connectivity index is 2.30. The standard InChI is InChI=1S/C16H22O4S/c1-20-15(17)10-9-13-7-4-8-14(11-21(18)19)16(13)12-5-2-3-6-12/h4,7-8,12,21H,2-3,5-6,9-11H2,1H3. The van der Waals surface area contributed by atoms with Gasteiger partial charge in [0.25, 0.3) is 0 Å². The summed E-state index contributed by atoms with van der Waals surface area (Å²) in [5.74, 6) is 0.296. The van der Waals surface area contributed by atoms with Crippen molar-refractivity contribution in [2.75, 3.05) is 7.11 Å². The fourth-order valence-electron chi connectivity index (χ4n) is 3.24. The van der Waals surface area contributed by atoms with Gasteiger partial charge in [-0.25, -0.2) is 8.42 Å². The van der Waals surface area contributed by atoms with Gasteiger partial charge in [-0.1, -0.05) is 31.0 Å². The second-order valence-corrected chi connectivity index (χ2v) is 6.52. The minimum Gasteiger partial charge on any atom is -0.469 e. The number of rotatable bonds is 6. The molecule has 0 aromatic heterocycles. The van der Waals surface area contributed by atoms with Crippen LogP contribution in [0.25, 0.3) is 0 Å². The Hall–Kier alpha value is -1.36. The summed E-state index contributed by atoms with van der Waals surface area (Å²) in [5.41, 5.74) is 3.17. The van der Waals surface area contributed by atoms with E-state index >= 15 is 0 Å². The van der Waals surface area contributed by atoms with Crippen LogP contribution in [0.4, 0.5) is 0 Å². The van der Waals surface area contributed by atoms with E-state index in [0.29, 0.717) is 18.8 Å². The molecule has 0 aliphatic heterocycles. The highest BCUT2D eigenvalue weighted by atomic mass is 32.2. The highest BCUT2D eigenvalue weighted by molar-refractivity contribution is 7.71. The zero-order valence-corrected chi connectivity index (χ0v) is 13.2. The zero-order chi connectivity index (χ0) is 15.2. The molecule has 1 saturated carbocycles. The van der Waals surface area contributed by atoms with Crippen LogP contribution in [-0.2, 0) is 32.4 Å². The van der Waals surface area contributed by atoms with Crippen LogP contribution in [0.3, 0.4) is 0 Å². The Morgan fingerprint density at radius 3 is 2.52 bits per heavy atom. The Morgan fingerprint density at radius 2 is 1.90 bits per heavy atom. The van der Waals surface area contributed by atoms with Crippen LogP contribution < -0.4 is 0 Å². The van der Waals surface area contributed by atoms with Crippen molar-refractivity contribution < 1.29 is 17.9 Å². The summed E-state index contributed by atoms with van der Waals surface area (Å²) in [6.07, 6.45) is 5.55. The summed E-state index contributed by atoms with van der Waals surface area (Å²) < 4.78 is 26.9. The second-order valence-electron chi connectivity index (χ2n) is 5.54. The molecule has 1 aliphatic carbocycles. The van der Waals surface area contributed by atoms with E-state index < -0.39 is 10.7 Å². The topological polar surface area (TPSA) is 60.4 Å². The average Bonchev–Trinajstić information content (AvgIpc) is 2.98. The molecule has 0 radical (unpaired) electrons. The number of benzene rings is 1. The molecule has 0 saturated heterocycles. The lowest BCUT2D eigenvalue weighted by atomic mass is 9.87. The maximum Gasteiger partial charge on any atom is 0.305 e. The molecule has 0 bridgehead atoms. The van der Waals surface area contributed by atoms with Gasteiger partial charge in [0.2, 0.25) is 0 Å². The quantitative estimate of drug-likeness (QED) is 0.648. The number of aryl methyl sites for hydroxylation is 1. The normalized spacial score (nSPS) is 15.5. The van der Waals surface area contributed by atoms with Crippen LogP contribution in [0.15, 0.2) is 18.2 Å². The van der Waals surface area contributed by atoms with Crippen molar-refractivity contribution >= 4 is 16.7 Å². The molecule has 21 heavy (non-hydrogen) atoms. The number of carbonyl (C=O) groups is 1. The highest BCUT2D eigenvalue weighted by Gasteiger charge is 2.23. The molecule has 0 atom stereocenters. The number of thiol groups is 1. The highest BCUT2D eigenvalue weighted by Crippen LogP contribution is 2.38. The van der Waals surface area contributed by atoms with Gasteiger partial charge >= 0.3 is 5.97 Å². The van der Waals surface area contributed by atoms with Gasteiger partial charge in [0.15, 0.2) is 0 Å². The lowest BCUT2D eigenvalue weighted by Crippen LogP contribution is -2.08. The fraction of sp³-hybridized carbons (Fsp3) is 0.562. The molecule has 0 heterocycles. The van der Waals surface area contributed by atoms with Gasteiger partial charge < -0.3 is 4.74 Å². The predicted molar refractivity (Wildman–Crippen MR) is 82.0 cm³/mol. The molecule has 1 aliphatic rings. The first-order valence-electron chi connectivity index (χ1n) is 7.41. The Bertz CT molecular complexity index is 564. The van der Waals surface area contributed by atoms with Crippen LogP contribution in [-0.4, -0.2) is 21.5 Å². The molecule has 0 spiro atoms. The summed E-state index contributed by atoms with van der Waals surface area (Å²) in [7, 11) is -1.05. The first kappa shape index (κ1) is 16.0. The van der Waals surface area contributed by atoms with E-state index in [0.717, 1.165) is 29.5 Å². The molecule has 0 unspecified atom stereocenters. The minimum atomic E-state index is -2.44. The lowest BCUT2D eigenvalue weighted by molar-refractivity contribution is -0.140. The van der Waals surface area contributed by atoms with Crippen LogP contribution in [0, 0.1) is 0 Å². The SMILES string of the molecule is COC(=O)CCc1cccc(C[SH](=O)=O)c1C1CCCC1. The van der Waals surface area contributed by atoms with E-state index in [1.54, 1.807) is 0 Å². The van der Waals surface area contributed by atoms with Gasteiger partial charge in [0, 0.05) is 6.42 Å². The molecular weight excluding hydrogens is 288 g/mol. The number of carbonyl (C=O) groups excluding carboxylic acids is 1. The largest absolute Gasteiger partial charge is 0.469 e. The van der Waals surface area contributed by atoms with Gasteiger partial charge in [-0.3, -0.25) is 4.79 Å². The second kappa shape index (κ2) is 7.59. The van der Waals surface area contributed by atoms with Gasteiger partial charge in [0.1, 0.15) is 10.7 Å². The Labute approximate surface area is 127 Å². The number of hydrogen-bond donors (Lipinski definition) is 1. The van der Waals surface area contributed by atoms with Crippen LogP contribution in [0.1, 0.15) is 54.7 Å². The van der Waals surface area contributed by atoms with E-state index in [1.807, 2.05) is 18.2 Å². The lowest BCUT2D eigenvalue weighted by Gasteiger charge is -2.19. The summed E-state index contributed by atoms with van der Waals surface area (Å²) in [6, 6.07) is 5.80. The van der Waals surface area contributed by atoms with Crippen LogP contribution in [0.5, 0.6) is 0 Å². The van der Waals surface area contributed by atoms with Gasteiger partial charge in [-0.05, 0) is 41.9 Å². The summed E-state index contributed by atoms with van der Waals surface area (Å²) in [6.45, 7) is 0. The van der Waals surface area contributed by atoms with E-state index in [2.05, 4.69) is 0 Å². The zero-order valence-electron chi connectivity index (χ0n) is 12.3. The molecule has 1 aromatic rings. The Morgan fingerprint density at radius 1 is 1.24 bits per heavy atom. The summed E-state index contributed by atoms with van der Waals surface area (Å²) >= 11 is 0. The first-order chi connectivity index (χ1) is 10.1. The number of hydrogen-bond acceptors (Lipinski definition) is 4. The number of esters is 1. The molecule has 1 fully saturated rings. The van der Waals surface area contributed by atoms with E-state index in [-0.39, 0.29) is 11.7 Å². The van der Waals surface area contributed by atoms with Crippen molar-refractivity contribution in [3.05, 3.63) is 34.9 Å². The van der Waals surface area contributed by atoms with E-state index in [4.69, 9.17) is 4.74 Å². The van der Waals surface area contributed by atoms with Crippen LogP contribution in [0.2, 0.25) is 0 Å². The third kappa shape index (κ3) is 4.30. The summed E-state index contributed by atoms with van der Waals surface area (Å²) in [4.78, 5) is 11.4. The molecule has 1 aromatic carbocycles. The first-order valence-corrected chi connectivity index (χ1v) is 8.77. The fourth-order valence-corrected chi connectivity index (χ4v) is 3.79. The van der Waals surface area contributed by atoms with Crippen molar-refractivity contribution in [3.8, 4) is 0 Å². The monoisotopic (exact) mass is 310 g/mol.